The van der Waals surface area contributed by atoms with E-state index in [1.165, 1.54) is 30.4 Å². The maximum absolute atomic E-state index is 5.63. The second-order valence-electron chi connectivity index (χ2n) is 5.10. The molecule has 0 bridgehead atoms. The van der Waals surface area contributed by atoms with Gasteiger partial charge >= 0.3 is 0 Å². The average Bonchev–Trinajstić information content (AvgIpc) is 3.06. The molecule has 1 aliphatic rings. The first kappa shape index (κ1) is 12.5. The summed E-state index contributed by atoms with van der Waals surface area (Å²) in [4.78, 5) is 0. The van der Waals surface area contributed by atoms with Gasteiger partial charge in [0.2, 0.25) is 0 Å². The van der Waals surface area contributed by atoms with Crippen LogP contribution in [0.2, 0.25) is 0 Å². The van der Waals surface area contributed by atoms with Crippen molar-refractivity contribution in [2.24, 2.45) is 0 Å². The van der Waals surface area contributed by atoms with E-state index in [9.17, 15) is 0 Å². The summed E-state index contributed by atoms with van der Waals surface area (Å²) >= 11 is 0. The number of fused-ring (bicyclic) bond motifs is 2. The van der Waals surface area contributed by atoms with Gasteiger partial charge in [-0.05, 0) is 60.7 Å². The molecule has 0 atom stereocenters. The van der Waals surface area contributed by atoms with Gasteiger partial charge in [0.1, 0.15) is 0 Å². The molecule has 0 radical (unpaired) electrons. The van der Waals surface area contributed by atoms with Crippen LogP contribution < -0.4 is 11.5 Å². The van der Waals surface area contributed by atoms with Crippen LogP contribution in [0, 0.1) is 0 Å². The first-order chi connectivity index (χ1) is 9.72. The Morgan fingerprint density at radius 2 is 1.65 bits per heavy atom. The maximum atomic E-state index is 5.63. The molecule has 0 saturated heterocycles. The number of aryl methyl sites for hydroxylation is 2. The Hall–Kier alpha value is -2.49. The molecule has 3 aromatic rings. The van der Waals surface area contributed by atoms with E-state index in [-0.39, 0.29) is 0 Å². The zero-order valence-electron chi connectivity index (χ0n) is 11.3. The molecule has 0 unspecified atom stereocenters. The van der Waals surface area contributed by atoms with E-state index < -0.39 is 0 Å². The molecule has 0 saturated carbocycles. The quantitative estimate of drug-likeness (QED) is 0.547. The third-order valence-corrected chi connectivity index (χ3v) is 3.59. The number of hydrogen-bond donors (Lipinski definition) is 3. The molecular weight excluding hydrogens is 248 g/mol. The minimum atomic E-state index is 0.761. The molecule has 1 heterocycles. The number of nitrogens with one attached hydrogen (secondary N) is 1. The number of nitrogen functional groups attached to an aromatic ring is 2. The number of benzene rings is 2. The van der Waals surface area contributed by atoms with Crippen LogP contribution in [-0.2, 0) is 12.8 Å². The van der Waals surface area contributed by atoms with Gasteiger partial charge in [-0.15, -0.1) is 0 Å². The lowest BCUT2D eigenvalue weighted by Gasteiger charge is -1.98. The highest BCUT2D eigenvalue weighted by Crippen LogP contribution is 2.23. The fraction of sp³-hybridized carbons (Fsp3) is 0.188. The normalized spacial score (nSPS) is 12.8. The van der Waals surface area contributed by atoms with Crippen molar-refractivity contribution in [2.45, 2.75) is 19.3 Å². The van der Waals surface area contributed by atoms with Gasteiger partial charge in [0.15, 0.2) is 0 Å². The monoisotopic (exact) mass is 266 g/mol. The second kappa shape index (κ2) is 5.25. The number of nitrogens with two attached hydrogens (primary N) is 2. The highest BCUT2D eigenvalue weighted by Gasteiger charge is 2.09. The molecule has 0 aliphatic heterocycles. The van der Waals surface area contributed by atoms with Crippen molar-refractivity contribution >= 4 is 22.3 Å². The van der Waals surface area contributed by atoms with Gasteiger partial charge in [-0.3, -0.25) is 5.10 Å². The molecule has 0 amide bonds. The molecule has 1 aromatic heterocycles. The smallest absolute Gasteiger partial charge is 0.0670 e. The number of anilines is 2. The Labute approximate surface area is 117 Å². The summed E-state index contributed by atoms with van der Waals surface area (Å²) in [5, 5.41) is 7.78. The van der Waals surface area contributed by atoms with Gasteiger partial charge in [-0.25, -0.2) is 0 Å². The number of aromatic nitrogens is 2. The minimum absolute atomic E-state index is 0.761. The van der Waals surface area contributed by atoms with E-state index in [1.807, 2.05) is 24.3 Å². The molecule has 20 heavy (non-hydrogen) atoms. The lowest BCUT2D eigenvalue weighted by Crippen LogP contribution is -1.87. The van der Waals surface area contributed by atoms with Crippen LogP contribution >= 0.6 is 0 Å². The predicted octanol–water partition coefficient (Wildman–Crippen LogP) is 2.90. The summed E-state index contributed by atoms with van der Waals surface area (Å²) in [6.45, 7) is 0. The summed E-state index contributed by atoms with van der Waals surface area (Å²) < 4.78 is 0. The van der Waals surface area contributed by atoms with Crippen molar-refractivity contribution in [1.82, 2.24) is 10.2 Å². The molecule has 0 fully saturated rings. The van der Waals surface area contributed by atoms with Crippen molar-refractivity contribution < 1.29 is 0 Å². The zero-order valence-corrected chi connectivity index (χ0v) is 11.3. The fourth-order valence-corrected chi connectivity index (χ4v) is 2.55. The number of aromatic amines is 1. The van der Waals surface area contributed by atoms with E-state index in [0.717, 1.165) is 22.3 Å². The van der Waals surface area contributed by atoms with Crippen LogP contribution in [-0.4, -0.2) is 10.2 Å². The van der Waals surface area contributed by atoms with Crippen molar-refractivity contribution in [3.05, 3.63) is 53.7 Å². The van der Waals surface area contributed by atoms with Gasteiger partial charge in [0.25, 0.3) is 0 Å². The third kappa shape index (κ3) is 2.59. The highest BCUT2D eigenvalue weighted by atomic mass is 15.1. The Morgan fingerprint density at radius 3 is 2.55 bits per heavy atom. The molecule has 2 aromatic carbocycles. The number of rotatable bonds is 0. The van der Waals surface area contributed by atoms with Crippen molar-refractivity contribution in [2.75, 3.05) is 11.5 Å². The topological polar surface area (TPSA) is 80.7 Å². The third-order valence-electron chi connectivity index (χ3n) is 3.59. The van der Waals surface area contributed by atoms with Crippen molar-refractivity contribution in [1.29, 1.82) is 0 Å². The summed E-state index contributed by atoms with van der Waals surface area (Å²) in [7, 11) is 0. The average molecular weight is 266 g/mol. The van der Waals surface area contributed by atoms with E-state index in [0.29, 0.717) is 0 Å². The standard InChI is InChI=1S/C9H11N.C7H7N3/c10-9-5-4-7-2-1-3-8(7)6-9;8-6-2-1-5-4-9-10-7(5)3-6/h4-6H,1-3,10H2;1-4H,8H2,(H,9,10). The largest absolute Gasteiger partial charge is 0.399 e. The van der Waals surface area contributed by atoms with Crippen LogP contribution in [0.25, 0.3) is 10.9 Å². The highest BCUT2D eigenvalue weighted by molar-refractivity contribution is 5.80. The Kier molecular flexibility index (Phi) is 3.29. The SMILES string of the molecule is Nc1ccc2c(c1)CCC2.Nc1ccc2cn[nH]c2c1. The first-order valence-corrected chi connectivity index (χ1v) is 6.78. The van der Waals surface area contributed by atoms with Crippen LogP contribution in [0.4, 0.5) is 11.4 Å². The van der Waals surface area contributed by atoms with E-state index in [1.54, 1.807) is 6.20 Å². The van der Waals surface area contributed by atoms with Crippen LogP contribution in [0.3, 0.4) is 0 Å². The minimum Gasteiger partial charge on any atom is -0.399 e. The second-order valence-corrected chi connectivity index (χ2v) is 5.10. The summed E-state index contributed by atoms with van der Waals surface area (Å²) in [6, 6.07) is 11.9. The Balaban J connectivity index is 0.000000121. The molecule has 0 spiro atoms. The lowest BCUT2D eigenvalue weighted by molar-refractivity contribution is 0.912. The molecule has 5 N–H and O–H groups in total. The zero-order chi connectivity index (χ0) is 13.9. The Morgan fingerprint density at radius 1 is 0.900 bits per heavy atom. The fourth-order valence-electron chi connectivity index (χ4n) is 2.55. The summed E-state index contributed by atoms with van der Waals surface area (Å²) in [5.41, 5.74) is 16.8. The van der Waals surface area contributed by atoms with Crippen molar-refractivity contribution in [3.63, 3.8) is 0 Å². The molecule has 4 heteroatoms. The van der Waals surface area contributed by atoms with Crippen LogP contribution in [0.1, 0.15) is 17.5 Å². The number of H-pyrrole nitrogens is 1. The van der Waals surface area contributed by atoms with Crippen LogP contribution in [0.5, 0.6) is 0 Å². The molecule has 102 valence electrons. The number of hydrogen-bond acceptors (Lipinski definition) is 3. The predicted molar refractivity (Wildman–Crippen MR) is 83.4 cm³/mol. The van der Waals surface area contributed by atoms with Gasteiger partial charge in [0, 0.05) is 16.8 Å². The van der Waals surface area contributed by atoms with E-state index >= 15 is 0 Å². The van der Waals surface area contributed by atoms with Crippen molar-refractivity contribution in [3.8, 4) is 0 Å². The summed E-state index contributed by atoms with van der Waals surface area (Å²) in [6.07, 6.45) is 5.55. The molecule has 1 aliphatic carbocycles. The van der Waals surface area contributed by atoms with Gasteiger partial charge in [-0.2, -0.15) is 5.10 Å². The van der Waals surface area contributed by atoms with Gasteiger partial charge in [-0.1, -0.05) is 6.07 Å². The maximum Gasteiger partial charge on any atom is 0.0670 e. The summed E-state index contributed by atoms with van der Waals surface area (Å²) in [5.74, 6) is 0. The first-order valence-electron chi connectivity index (χ1n) is 6.78. The molecule has 4 rings (SSSR count). The van der Waals surface area contributed by atoms with E-state index in [2.05, 4.69) is 22.3 Å². The number of nitrogens with zero attached hydrogens (tertiary/aromatic N) is 1. The lowest BCUT2D eigenvalue weighted by atomic mass is 10.1. The Bertz CT molecular complexity index is 730. The van der Waals surface area contributed by atoms with E-state index in [4.69, 9.17) is 11.5 Å². The van der Waals surface area contributed by atoms with Gasteiger partial charge < -0.3 is 11.5 Å². The molecular formula is C16H18N4. The molecule has 4 nitrogen and oxygen atoms in total. The van der Waals surface area contributed by atoms with Crippen LogP contribution in [0.15, 0.2) is 42.6 Å². The van der Waals surface area contributed by atoms with Gasteiger partial charge in [0.05, 0.1) is 11.7 Å².